The van der Waals surface area contributed by atoms with Gasteiger partial charge in [0.15, 0.2) is 0 Å². The Labute approximate surface area is 158 Å². The molecule has 0 radical (unpaired) electrons. The van der Waals surface area contributed by atoms with E-state index in [1.165, 1.54) is 17.4 Å². The van der Waals surface area contributed by atoms with Crippen LogP contribution < -0.4 is 11.3 Å². The van der Waals surface area contributed by atoms with Crippen molar-refractivity contribution in [1.82, 2.24) is 4.98 Å². The zero-order valence-electron chi connectivity index (χ0n) is 14.0. The maximum absolute atomic E-state index is 12.3. The molecule has 2 aromatic carbocycles. The number of aromatic nitrogens is 1. The molecule has 2 aromatic heterocycles. The maximum Gasteiger partial charge on any atom is 0.266 e. The van der Waals surface area contributed by atoms with E-state index in [2.05, 4.69) is 11.9 Å². The van der Waals surface area contributed by atoms with Crippen LogP contribution in [-0.2, 0) is 0 Å². The predicted octanol–water partition coefficient (Wildman–Crippen LogP) is 4.83. The van der Waals surface area contributed by atoms with E-state index in [9.17, 15) is 9.90 Å². The van der Waals surface area contributed by atoms with E-state index < -0.39 is 0 Å². The van der Waals surface area contributed by atoms with Gasteiger partial charge in [-0.2, -0.15) is 0 Å². The number of thiophene rings is 1. The zero-order chi connectivity index (χ0) is 18.4. The summed E-state index contributed by atoms with van der Waals surface area (Å²) in [6, 6.07) is 11.3. The van der Waals surface area contributed by atoms with Crippen LogP contribution in [0.25, 0.3) is 32.1 Å². The third-order valence-corrected chi connectivity index (χ3v) is 5.97. The Morgan fingerprint density at radius 1 is 1.27 bits per heavy atom. The van der Waals surface area contributed by atoms with Crippen molar-refractivity contribution in [3.63, 3.8) is 0 Å². The first-order valence-corrected chi connectivity index (χ1v) is 9.52. The van der Waals surface area contributed by atoms with Gasteiger partial charge in [-0.05, 0) is 35.0 Å². The Kier molecular flexibility index (Phi) is 4.23. The number of hydrogen-bond donors (Lipinski definition) is 3. The average Bonchev–Trinajstić information content (AvgIpc) is 3.13. The van der Waals surface area contributed by atoms with Gasteiger partial charge in [-0.1, -0.05) is 42.8 Å². The van der Waals surface area contributed by atoms with E-state index in [-0.39, 0.29) is 17.2 Å². The number of nitrogens with one attached hydrogen (secondary N) is 1. The van der Waals surface area contributed by atoms with Crippen LogP contribution in [0.1, 0.15) is 18.4 Å². The summed E-state index contributed by atoms with van der Waals surface area (Å²) in [5, 5.41) is 14.4. The summed E-state index contributed by atoms with van der Waals surface area (Å²) < 4.78 is 0.619. The molecular weight excluding hydrogens is 368 g/mol. The molecule has 4 aromatic rings. The van der Waals surface area contributed by atoms with Gasteiger partial charge in [0.1, 0.15) is 10.4 Å². The SMILES string of the molecule is C[C@H](CN)c1ccc(-c2c(O)cc(Cl)c3[nH]c(=O)c4sccc4c23)cc1. The smallest absolute Gasteiger partial charge is 0.266 e. The number of benzene rings is 2. The Morgan fingerprint density at radius 3 is 2.69 bits per heavy atom. The molecule has 1 atom stereocenters. The lowest BCUT2D eigenvalue weighted by molar-refractivity contribution is 0.478. The van der Waals surface area contributed by atoms with Gasteiger partial charge in [-0.25, -0.2) is 0 Å². The number of pyridine rings is 1. The normalized spacial score (nSPS) is 12.7. The second-order valence-electron chi connectivity index (χ2n) is 6.38. The van der Waals surface area contributed by atoms with Gasteiger partial charge in [0.2, 0.25) is 0 Å². The molecule has 0 unspecified atom stereocenters. The number of H-pyrrole nitrogens is 1. The number of halogens is 1. The average molecular weight is 385 g/mol. The molecule has 0 saturated carbocycles. The first-order valence-electron chi connectivity index (χ1n) is 8.26. The highest BCUT2D eigenvalue weighted by molar-refractivity contribution is 7.17. The minimum Gasteiger partial charge on any atom is -0.507 e. The third-order valence-electron chi connectivity index (χ3n) is 4.76. The Morgan fingerprint density at radius 2 is 2.00 bits per heavy atom. The number of phenolic OH excluding ortho intramolecular Hbond substituents is 1. The molecule has 0 spiro atoms. The third kappa shape index (κ3) is 2.60. The van der Waals surface area contributed by atoms with E-state index in [0.717, 1.165) is 21.9 Å². The molecule has 4 nitrogen and oxygen atoms in total. The van der Waals surface area contributed by atoms with Gasteiger partial charge in [-0.15, -0.1) is 11.3 Å². The van der Waals surface area contributed by atoms with Crippen LogP contribution in [0.4, 0.5) is 0 Å². The van der Waals surface area contributed by atoms with E-state index in [0.29, 0.717) is 27.3 Å². The Hall–Kier alpha value is -2.34. The topological polar surface area (TPSA) is 79.1 Å². The molecule has 0 bridgehead atoms. The van der Waals surface area contributed by atoms with Gasteiger partial charge in [-0.3, -0.25) is 4.79 Å². The summed E-state index contributed by atoms with van der Waals surface area (Å²) >= 11 is 7.68. The minimum absolute atomic E-state index is 0.0849. The zero-order valence-corrected chi connectivity index (χ0v) is 15.6. The monoisotopic (exact) mass is 384 g/mol. The predicted molar refractivity (Wildman–Crippen MR) is 110 cm³/mol. The van der Waals surface area contributed by atoms with E-state index in [1.54, 1.807) is 0 Å². The largest absolute Gasteiger partial charge is 0.507 e. The van der Waals surface area contributed by atoms with Crippen LogP contribution >= 0.6 is 22.9 Å². The first-order chi connectivity index (χ1) is 12.5. The van der Waals surface area contributed by atoms with Gasteiger partial charge < -0.3 is 15.8 Å². The van der Waals surface area contributed by atoms with Crippen molar-refractivity contribution in [2.45, 2.75) is 12.8 Å². The summed E-state index contributed by atoms with van der Waals surface area (Å²) in [7, 11) is 0. The van der Waals surface area contributed by atoms with Crippen molar-refractivity contribution >= 4 is 43.9 Å². The molecule has 4 rings (SSSR count). The van der Waals surface area contributed by atoms with Gasteiger partial charge >= 0.3 is 0 Å². The van der Waals surface area contributed by atoms with Crippen molar-refractivity contribution in [2.24, 2.45) is 5.73 Å². The number of fused-ring (bicyclic) bond motifs is 3. The van der Waals surface area contributed by atoms with Gasteiger partial charge in [0.25, 0.3) is 5.56 Å². The summed E-state index contributed by atoms with van der Waals surface area (Å²) in [5.41, 5.74) is 8.77. The van der Waals surface area contributed by atoms with Crippen LogP contribution in [0.3, 0.4) is 0 Å². The van der Waals surface area contributed by atoms with E-state index in [1.807, 2.05) is 35.7 Å². The van der Waals surface area contributed by atoms with Crippen LogP contribution in [-0.4, -0.2) is 16.6 Å². The lowest BCUT2D eigenvalue weighted by atomic mass is 9.94. The molecule has 0 fully saturated rings. The highest BCUT2D eigenvalue weighted by Gasteiger charge is 2.18. The lowest BCUT2D eigenvalue weighted by Gasteiger charge is -2.14. The maximum atomic E-state index is 12.3. The highest BCUT2D eigenvalue weighted by atomic mass is 35.5. The molecule has 4 N–H and O–H groups in total. The lowest BCUT2D eigenvalue weighted by Crippen LogP contribution is -2.08. The van der Waals surface area contributed by atoms with Crippen LogP contribution in [0.2, 0.25) is 5.02 Å². The first kappa shape index (κ1) is 17.1. The summed E-state index contributed by atoms with van der Waals surface area (Å²) in [6.45, 7) is 2.65. The second kappa shape index (κ2) is 6.43. The fourth-order valence-corrected chi connectivity index (χ4v) is 4.33. The number of aromatic hydroxyl groups is 1. The molecule has 26 heavy (non-hydrogen) atoms. The van der Waals surface area contributed by atoms with Crippen molar-refractivity contribution in [3.8, 4) is 16.9 Å². The molecule has 2 heterocycles. The fourth-order valence-electron chi connectivity index (χ4n) is 3.29. The number of hydrogen-bond acceptors (Lipinski definition) is 4. The molecule has 0 aliphatic heterocycles. The molecular formula is C20H17ClN2O2S. The number of phenols is 1. The number of nitrogens with two attached hydrogens (primary N) is 1. The van der Waals surface area contributed by atoms with E-state index in [4.69, 9.17) is 17.3 Å². The standard InChI is InChI=1S/C20H17ClN2O2S/c1-10(9-22)11-2-4-12(5-3-11)16-15(24)8-14(21)18-17(16)13-6-7-26-19(13)20(25)23-18/h2-8,10,24H,9,22H2,1H3,(H,23,25)/t10-/m1/s1. The second-order valence-corrected chi connectivity index (χ2v) is 7.70. The quantitative estimate of drug-likeness (QED) is 0.473. The summed E-state index contributed by atoms with van der Waals surface area (Å²) in [5.74, 6) is 0.348. The van der Waals surface area contributed by atoms with E-state index >= 15 is 0 Å². The molecule has 0 saturated heterocycles. The highest BCUT2D eigenvalue weighted by Crippen LogP contribution is 2.42. The van der Waals surface area contributed by atoms with Crippen molar-refractivity contribution in [3.05, 3.63) is 62.7 Å². The number of aromatic amines is 1. The van der Waals surface area contributed by atoms with Gasteiger partial charge in [0.05, 0.1) is 10.5 Å². The molecule has 0 aliphatic carbocycles. The van der Waals surface area contributed by atoms with Crippen LogP contribution in [0, 0.1) is 0 Å². The van der Waals surface area contributed by atoms with Crippen molar-refractivity contribution < 1.29 is 5.11 Å². The van der Waals surface area contributed by atoms with Gasteiger partial charge in [0, 0.05) is 22.4 Å². The van der Waals surface area contributed by atoms with Crippen molar-refractivity contribution in [1.29, 1.82) is 0 Å². The Bertz CT molecular complexity index is 1180. The molecule has 0 amide bonds. The summed E-state index contributed by atoms with van der Waals surface area (Å²) in [6.07, 6.45) is 0. The Balaban J connectivity index is 2.06. The molecule has 6 heteroatoms. The minimum atomic E-state index is -0.173. The fraction of sp³-hybridized carbons (Fsp3) is 0.150. The van der Waals surface area contributed by atoms with Crippen LogP contribution in [0.5, 0.6) is 5.75 Å². The molecule has 132 valence electrons. The van der Waals surface area contributed by atoms with Crippen LogP contribution in [0.15, 0.2) is 46.6 Å². The number of rotatable bonds is 3. The summed E-state index contributed by atoms with van der Waals surface area (Å²) in [4.78, 5) is 15.2. The van der Waals surface area contributed by atoms with Crippen molar-refractivity contribution in [2.75, 3.05) is 6.54 Å². The molecule has 0 aliphatic rings.